The second-order valence-corrected chi connectivity index (χ2v) is 4.26. The van der Waals surface area contributed by atoms with E-state index in [0.717, 1.165) is 18.9 Å². The monoisotopic (exact) mass is 227 g/mol. The number of rotatable bonds is 5. The molecule has 0 aliphatic carbocycles. The Hall–Kier alpha value is -0.960. The average molecular weight is 227 g/mol. The van der Waals surface area contributed by atoms with Crippen LogP contribution in [0.25, 0.3) is 0 Å². The molecule has 1 N–H and O–H groups in total. The standard InChI is InChI=1S/C13H19F2N/c1-4-9(2)7-13(16-3)11-8-10(14)5-6-12(11)15/h5-6,8-9,13,16H,4,7H2,1-3H3. The Labute approximate surface area is 95.9 Å². The van der Waals surface area contributed by atoms with Crippen LogP contribution in [-0.4, -0.2) is 7.05 Å². The lowest BCUT2D eigenvalue weighted by Crippen LogP contribution is -2.20. The summed E-state index contributed by atoms with van der Waals surface area (Å²) in [4.78, 5) is 0. The van der Waals surface area contributed by atoms with Gasteiger partial charge in [-0.25, -0.2) is 8.78 Å². The van der Waals surface area contributed by atoms with Gasteiger partial charge in [-0.15, -0.1) is 0 Å². The van der Waals surface area contributed by atoms with Crippen LogP contribution >= 0.6 is 0 Å². The van der Waals surface area contributed by atoms with Gasteiger partial charge in [0.15, 0.2) is 0 Å². The number of nitrogens with one attached hydrogen (secondary N) is 1. The van der Waals surface area contributed by atoms with Crippen molar-refractivity contribution >= 4 is 0 Å². The normalized spacial score (nSPS) is 14.8. The minimum atomic E-state index is -0.388. The first-order valence-electron chi connectivity index (χ1n) is 5.70. The third kappa shape index (κ3) is 3.27. The van der Waals surface area contributed by atoms with Crippen LogP contribution in [0, 0.1) is 17.6 Å². The van der Waals surface area contributed by atoms with Gasteiger partial charge in [0.05, 0.1) is 0 Å². The van der Waals surface area contributed by atoms with Crippen molar-refractivity contribution in [2.75, 3.05) is 7.05 Å². The highest BCUT2D eigenvalue weighted by Crippen LogP contribution is 2.25. The fourth-order valence-corrected chi connectivity index (χ4v) is 1.75. The molecule has 1 nitrogen and oxygen atoms in total. The van der Waals surface area contributed by atoms with Gasteiger partial charge in [0.1, 0.15) is 11.6 Å². The van der Waals surface area contributed by atoms with Gasteiger partial charge in [-0.2, -0.15) is 0 Å². The first-order chi connectivity index (χ1) is 7.58. The molecule has 1 aromatic rings. The lowest BCUT2D eigenvalue weighted by Gasteiger charge is -2.20. The lowest BCUT2D eigenvalue weighted by molar-refractivity contribution is 0.409. The Morgan fingerprint density at radius 2 is 2.00 bits per heavy atom. The first kappa shape index (κ1) is 13.1. The second kappa shape index (κ2) is 5.94. The van der Waals surface area contributed by atoms with Crippen molar-refractivity contribution in [1.29, 1.82) is 0 Å². The van der Waals surface area contributed by atoms with Gasteiger partial charge >= 0.3 is 0 Å². The average Bonchev–Trinajstić information content (AvgIpc) is 2.29. The third-order valence-corrected chi connectivity index (χ3v) is 3.02. The Morgan fingerprint density at radius 3 is 2.56 bits per heavy atom. The van der Waals surface area contributed by atoms with Crippen LogP contribution in [0.4, 0.5) is 8.78 Å². The Bertz CT molecular complexity index is 339. The van der Waals surface area contributed by atoms with E-state index in [9.17, 15) is 8.78 Å². The Morgan fingerprint density at radius 1 is 1.31 bits per heavy atom. The molecular formula is C13H19F2N. The van der Waals surface area contributed by atoms with Gasteiger partial charge in [-0.3, -0.25) is 0 Å². The van der Waals surface area contributed by atoms with Crippen molar-refractivity contribution in [3.05, 3.63) is 35.4 Å². The van der Waals surface area contributed by atoms with Crippen molar-refractivity contribution < 1.29 is 8.78 Å². The molecule has 0 saturated heterocycles. The van der Waals surface area contributed by atoms with E-state index in [1.54, 1.807) is 7.05 Å². The number of benzene rings is 1. The van der Waals surface area contributed by atoms with Crippen LogP contribution in [-0.2, 0) is 0 Å². The third-order valence-electron chi connectivity index (χ3n) is 3.02. The fourth-order valence-electron chi connectivity index (χ4n) is 1.75. The fraction of sp³-hybridized carbons (Fsp3) is 0.538. The van der Waals surface area contributed by atoms with E-state index in [2.05, 4.69) is 19.2 Å². The van der Waals surface area contributed by atoms with Gasteiger partial charge < -0.3 is 5.32 Å². The van der Waals surface area contributed by atoms with E-state index in [1.165, 1.54) is 12.1 Å². The predicted octanol–water partition coefficient (Wildman–Crippen LogP) is 3.66. The zero-order chi connectivity index (χ0) is 12.1. The summed E-state index contributed by atoms with van der Waals surface area (Å²) in [5, 5.41) is 3.04. The SMILES string of the molecule is CCC(C)CC(NC)c1cc(F)ccc1F. The quantitative estimate of drug-likeness (QED) is 0.809. The van der Waals surface area contributed by atoms with Gasteiger partial charge in [0, 0.05) is 11.6 Å². The summed E-state index contributed by atoms with van der Waals surface area (Å²) in [7, 11) is 1.78. The molecule has 0 fully saturated rings. The predicted molar refractivity (Wildman–Crippen MR) is 62.2 cm³/mol. The molecule has 0 aliphatic heterocycles. The largest absolute Gasteiger partial charge is 0.313 e. The van der Waals surface area contributed by atoms with E-state index >= 15 is 0 Å². The van der Waals surface area contributed by atoms with Crippen molar-refractivity contribution in [1.82, 2.24) is 5.32 Å². The van der Waals surface area contributed by atoms with Crippen molar-refractivity contribution in [3.63, 3.8) is 0 Å². The maximum absolute atomic E-state index is 13.6. The number of hydrogen-bond acceptors (Lipinski definition) is 1. The van der Waals surface area contributed by atoms with E-state index in [-0.39, 0.29) is 17.7 Å². The molecule has 0 aromatic heterocycles. The van der Waals surface area contributed by atoms with E-state index in [0.29, 0.717) is 11.5 Å². The number of hydrogen-bond donors (Lipinski definition) is 1. The van der Waals surface area contributed by atoms with Crippen LogP contribution in [0.15, 0.2) is 18.2 Å². The van der Waals surface area contributed by atoms with Crippen LogP contribution in [0.3, 0.4) is 0 Å². The smallest absolute Gasteiger partial charge is 0.128 e. The van der Waals surface area contributed by atoms with Crippen molar-refractivity contribution in [3.8, 4) is 0 Å². The van der Waals surface area contributed by atoms with Crippen molar-refractivity contribution in [2.24, 2.45) is 5.92 Å². The molecule has 0 saturated carbocycles. The molecule has 0 radical (unpaired) electrons. The van der Waals surface area contributed by atoms with E-state index < -0.39 is 0 Å². The number of halogens is 2. The highest BCUT2D eigenvalue weighted by atomic mass is 19.1. The lowest BCUT2D eigenvalue weighted by atomic mass is 9.94. The van der Waals surface area contributed by atoms with Crippen LogP contribution < -0.4 is 5.32 Å². The maximum Gasteiger partial charge on any atom is 0.128 e. The van der Waals surface area contributed by atoms with Crippen LogP contribution in [0.2, 0.25) is 0 Å². The summed E-state index contributed by atoms with van der Waals surface area (Å²) in [5.41, 5.74) is 0.419. The first-order valence-corrected chi connectivity index (χ1v) is 5.70. The minimum Gasteiger partial charge on any atom is -0.313 e. The molecule has 1 aromatic carbocycles. The topological polar surface area (TPSA) is 12.0 Å². The van der Waals surface area contributed by atoms with Crippen LogP contribution in [0.1, 0.15) is 38.3 Å². The summed E-state index contributed by atoms with van der Waals surface area (Å²) in [6.45, 7) is 4.21. The summed E-state index contributed by atoms with van der Waals surface area (Å²) in [6.07, 6.45) is 1.85. The summed E-state index contributed by atoms with van der Waals surface area (Å²) < 4.78 is 26.6. The molecule has 0 spiro atoms. The molecule has 0 heterocycles. The Balaban J connectivity index is 2.89. The van der Waals surface area contributed by atoms with Gasteiger partial charge in [0.25, 0.3) is 0 Å². The Kier molecular flexibility index (Phi) is 4.87. The van der Waals surface area contributed by atoms with Gasteiger partial charge in [0.2, 0.25) is 0 Å². The molecule has 2 unspecified atom stereocenters. The van der Waals surface area contributed by atoms with Crippen LogP contribution in [0.5, 0.6) is 0 Å². The molecule has 0 aliphatic rings. The summed E-state index contributed by atoms with van der Waals surface area (Å²) in [6, 6.07) is 3.49. The van der Waals surface area contributed by atoms with Gasteiger partial charge in [-0.1, -0.05) is 20.3 Å². The molecule has 90 valence electrons. The maximum atomic E-state index is 13.6. The van der Waals surface area contributed by atoms with Crippen molar-refractivity contribution in [2.45, 2.75) is 32.7 Å². The molecule has 2 atom stereocenters. The molecule has 0 bridgehead atoms. The van der Waals surface area contributed by atoms with E-state index in [4.69, 9.17) is 0 Å². The summed E-state index contributed by atoms with van der Waals surface area (Å²) >= 11 is 0. The molecular weight excluding hydrogens is 208 g/mol. The molecule has 1 rings (SSSR count). The highest BCUT2D eigenvalue weighted by Gasteiger charge is 2.16. The minimum absolute atomic E-state index is 0.120. The summed E-state index contributed by atoms with van der Waals surface area (Å²) in [5.74, 6) is -0.245. The zero-order valence-electron chi connectivity index (χ0n) is 10.1. The van der Waals surface area contributed by atoms with Gasteiger partial charge in [-0.05, 0) is 37.6 Å². The molecule has 16 heavy (non-hydrogen) atoms. The molecule has 3 heteroatoms. The van der Waals surface area contributed by atoms with E-state index in [1.807, 2.05) is 0 Å². The molecule has 0 amide bonds. The second-order valence-electron chi connectivity index (χ2n) is 4.26. The zero-order valence-corrected chi connectivity index (χ0v) is 10.1. The highest BCUT2D eigenvalue weighted by molar-refractivity contribution is 5.22.